The van der Waals surface area contributed by atoms with Crippen molar-refractivity contribution in [3.05, 3.63) is 57.8 Å². The van der Waals surface area contributed by atoms with Crippen LogP contribution < -0.4 is 10.1 Å². The maximum Gasteiger partial charge on any atom is 0.227 e. The van der Waals surface area contributed by atoms with E-state index in [1.807, 2.05) is 0 Å². The second-order valence-electron chi connectivity index (χ2n) is 5.81. The van der Waals surface area contributed by atoms with Crippen molar-refractivity contribution in [1.29, 1.82) is 0 Å². The Labute approximate surface area is 162 Å². The summed E-state index contributed by atoms with van der Waals surface area (Å²) in [6, 6.07) is 9.12. The van der Waals surface area contributed by atoms with Crippen molar-refractivity contribution in [1.82, 2.24) is 0 Å². The molecule has 140 valence electrons. The van der Waals surface area contributed by atoms with Gasteiger partial charge in [0.05, 0.1) is 12.3 Å². The normalized spacial score (nSPS) is 11.9. The van der Waals surface area contributed by atoms with Crippen LogP contribution in [0.2, 0.25) is 10.0 Å². The van der Waals surface area contributed by atoms with Crippen molar-refractivity contribution in [2.75, 3.05) is 25.6 Å². The number of methoxy groups -OCH3 is 1. The predicted octanol–water partition coefficient (Wildman–Crippen LogP) is 4.98. The minimum Gasteiger partial charge on any atom is -0.489 e. The number of carbonyl (C=O) groups excluding carboxylic acids is 1. The van der Waals surface area contributed by atoms with Crippen LogP contribution in [0.5, 0.6) is 5.75 Å². The van der Waals surface area contributed by atoms with Crippen LogP contribution in [0.15, 0.2) is 36.4 Å². The van der Waals surface area contributed by atoms with Gasteiger partial charge in [0.25, 0.3) is 0 Å². The molecule has 2 rings (SSSR count). The number of nitrogens with one attached hydrogen (secondary N) is 1. The first-order chi connectivity index (χ1) is 12.4. The van der Waals surface area contributed by atoms with Gasteiger partial charge in [0.1, 0.15) is 18.2 Å². The second-order valence-corrected chi connectivity index (χ2v) is 6.66. The third-order valence-electron chi connectivity index (χ3n) is 3.73. The number of rotatable bonds is 8. The van der Waals surface area contributed by atoms with E-state index in [2.05, 4.69) is 5.32 Å². The molecule has 0 saturated heterocycles. The maximum absolute atomic E-state index is 13.6. The van der Waals surface area contributed by atoms with Crippen LogP contribution >= 0.6 is 23.2 Å². The molecule has 2 aromatic carbocycles. The molecule has 1 atom stereocenters. The van der Waals surface area contributed by atoms with E-state index in [-0.39, 0.29) is 17.5 Å². The van der Waals surface area contributed by atoms with Crippen LogP contribution in [-0.4, -0.2) is 26.2 Å². The lowest BCUT2D eigenvalue weighted by Gasteiger charge is -2.16. The Balaban J connectivity index is 2.06. The van der Waals surface area contributed by atoms with Crippen molar-refractivity contribution in [2.45, 2.75) is 13.3 Å². The Hall–Kier alpha value is -1.82. The van der Waals surface area contributed by atoms with Crippen molar-refractivity contribution in [2.24, 2.45) is 5.92 Å². The predicted molar refractivity (Wildman–Crippen MR) is 102 cm³/mol. The van der Waals surface area contributed by atoms with Gasteiger partial charge in [-0.05, 0) is 36.2 Å². The van der Waals surface area contributed by atoms with E-state index in [1.54, 1.807) is 32.2 Å². The fourth-order valence-electron chi connectivity index (χ4n) is 2.33. The highest BCUT2D eigenvalue weighted by atomic mass is 35.5. The maximum atomic E-state index is 13.6. The lowest BCUT2D eigenvalue weighted by Crippen LogP contribution is -2.23. The molecule has 0 spiro atoms. The van der Waals surface area contributed by atoms with E-state index in [9.17, 15) is 9.18 Å². The number of ether oxygens (including phenoxy) is 2. The van der Waals surface area contributed by atoms with Gasteiger partial charge in [-0.2, -0.15) is 0 Å². The molecule has 2 aromatic rings. The summed E-state index contributed by atoms with van der Waals surface area (Å²) in [6.07, 6.45) is 0.428. The molecule has 0 saturated carbocycles. The van der Waals surface area contributed by atoms with Gasteiger partial charge in [0.2, 0.25) is 5.91 Å². The number of hydrogen-bond donors (Lipinski definition) is 1. The van der Waals surface area contributed by atoms with E-state index in [1.165, 1.54) is 18.2 Å². The molecular weight excluding hydrogens is 380 g/mol. The molecule has 0 aliphatic carbocycles. The van der Waals surface area contributed by atoms with Crippen LogP contribution in [-0.2, 0) is 16.0 Å². The van der Waals surface area contributed by atoms with Crippen LogP contribution in [0, 0.1) is 11.7 Å². The monoisotopic (exact) mass is 399 g/mol. The molecule has 4 nitrogen and oxygen atoms in total. The standard InChI is InChI=1S/C19H20Cl2FNO3/c1-12(9-13-3-4-14(20)10-16(13)21)19(24)23-17-11-15(22)5-6-18(17)26-8-7-25-2/h3-6,10-12H,7-9H2,1-2H3,(H,23,24). The van der Waals surface area contributed by atoms with Gasteiger partial charge < -0.3 is 14.8 Å². The van der Waals surface area contributed by atoms with E-state index in [0.29, 0.717) is 35.4 Å². The number of benzene rings is 2. The molecule has 0 aliphatic heterocycles. The Morgan fingerprint density at radius 1 is 1.19 bits per heavy atom. The lowest BCUT2D eigenvalue weighted by atomic mass is 10.00. The van der Waals surface area contributed by atoms with E-state index in [0.717, 1.165) is 5.56 Å². The Kier molecular flexibility index (Phi) is 7.69. The zero-order valence-corrected chi connectivity index (χ0v) is 16.0. The third kappa shape index (κ3) is 5.87. The second kappa shape index (κ2) is 9.76. The molecule has 0 heterocycles. The summed E-state index contributed by atoms with van der Waals surface area (Å²) in [5.74, 6) is -0.733. The van der Waals surface area contributed by atoms with Crippen molar-refractivity contribution in [3.8, 4) is 5.75 Å². The molecule has 0 aliphatic rings. The first kappa shape index (κ1) is 20.5. The van der Waals surface area contributed by atoms with Crippen LogP contribution in [0.4, 0.5) is 10.1 Å². The Bertz CT molecular complexity index is 770. The summed E-state index contributed by atoms with van der Waals surface area (Å²) in [6.45, 7) is 2.45. The molecule has 1 unspecified atom stereocenters. The number of amides is 1. The third-order valence-corrected chi connectivity index (χ3v) is 4.32. The zero-order chi connectivity index (χ0) is 19.1. The number of carbonyl (C=O) groups is 1. The molecule has 7 heteroatoms. The van der Waals surface area contributed by atoms with Crippen LogP contribution in [0.3, 0.4) is 0 Å². The van der Waals surface area contributed by atoms with Gasteiger partial charge >= 0.3 is 0 Å². The quantitative estimate of drug-likeness (QED) is 0.637. The molecule has 26 heavy (non-hydrogen) atoms. The highest BCUT2D eigenvalue weighted by Crippen LogP contribution is 2.27. The number of hydrogen-bond acceptors (Lipinski definition) is 3. The summed E-state index contributed by atoms with van der Waals surface area (Å²) in [4.78, 5) is 12.5. The molecule has 1 amide bonds. The summed E-state index contributed by atoms with van der Waals surface area (Å²) in [5, 5.41) is 3.76. The van der Waals surface area contributed by atoms with Gasteiger partial charge in [-0.25, -0.2) is 4.39 Å². The first-order valence-corrected chi connectivity index (χ1v) is 8.82. The highest BCUT2D eigenvalue weighted by molar-refractivity contribution is 6.35. The minimum absolute atomic E-state index is 0.266. The van der Waals surface area contributed by atoms with Crippen molar-refractivity contribution >= 4 is 34.8 Å². The van der Waals surface area contributed by atoms with Crippen LogP contribution in [0.25, 0.3) is 0 Å². The average molecular weight is 400 g/mol. The van der Waals surface area contributed by atoms with Gasteiger partial charge in [0.15, 0.2) is 0 Å². The largest absolute Gasteiger partial charge is 0.489 e. The molecular formula is C19H20Cl2FNO3. The van der Waals surface area contributed by atoms with Gasteiger partial charge in [-0.3, -0.25) is 4.79 Å². The molecule has 0 fully saturated rings. The van der Waals surface area contributed by atoms with Gasteiger partial charge in [-0.1, -0.05) is 36.2 Å². The highest BCUT2D eigenvalue weighted by Gasteiger charge is 2.17. The van der Waals surface area contributed by atoms with Gasteiger partial charge in [-0.15, -0.1) is 0 Å². The van der Waals surface area contributed by atoms with E-state index in [4.69, 9.17) is 32.7 Å². The van der Waals surface area contributed by atoms with E-state index >= 15 is 0 Å². The van der Waals surface area contributed by atoms with Gasteiger partial charge in [0, 0.05) is 29.1 Å². The summed E-state index contributed by atoms with van der Waals surface area (Å²) in [5.41, 5.74) is 1.09. The molecule has 1 N–H and O–H groups in total. The summed E-state index contributed by atoms with van der Waals surface area (Å²) >= 11 is 12.0. The lowest BCUT2D eigenvalue weighted by molar-refractivity contribution is -0.119. The van der Waals surface area contributed by atoms with Crippen LogP contribution in [0.1, 0.15) is 12.5 Å². The fourth-order valence-corrected chi connectivity index (χ4v) is 2.81. The first-order valence-electron chi connectivity index (χ1n) is 8.06. The topological polar surface area (TPSA) is 47.6 Å². The summed E-state index contributed by atoms with van der Waals surface area (Å²) < 4.78 is 24.0. The fraction of sp³-hybridized carbons (Fsp3) is 0.316. The number of anilines is 1. The molecule has 0 bridgehead atoms. The Morgan fingerprint density at radius 3 is 2.65 bits per heavy atom. The molecule has 0 aromatic heterocycles. The van der Waals surface area contributed by atoms with Crippen molar-refractivity contribution in [3.63, 3.8) is 0 Å². The Morgan fingerprint density at radius 2 is 1.96 bits per heavy atom. The average Bonchev–Trinajstić information content (AvgIpc) is 2.59. The smallest absolute Gasteiger partial charge is 0.227 e. The SMILES string of the molecule is COCCOc1ccc(F)cc1NC(=O)C(C)Cc1ccc(Cl)cc1Cl. The zero-order valence-electron chi connectivity index (χ0n) is 14.5. The van der Waals surface area contributed by atoms with E-state index < -0.39 is 5.82 Å². The van der Waals surface area contributed by atoms with Crippen molar-refractivity contribution < 1.29 is 18.7 Å². The molecule has 0 radical (unpaired) electrons. The summed E-state index contributed by atoms with van der Waals surface area (Å²) in [7, 11) is 1.56. The minimum atomic E-state index is -0.465. The number of halogens is 3.